The molecule has 146 valence electrons. The molecule has 2 aromatic carbocycles. The van der Waals surface area contributed by atoms with Crippen LogP contribution in [-0.4, -0.2) is 49.7 Å². The van der Waals surface area contributed by atoms with Gasteiger partial charge in [-0.05, 0) is 49.7 Å². The Bertz CT molecular complexity index is 772. The Hall–Kier alpha value is -2.53. The number of carbonyl (C=O) groups is 1. The molecule has 5 heteroatoms. The Balaban J connectivity index is 2.13. The largest absolute Gasteiger partial charge is 0.507 e. The van der Waals surface area contributed by atoms with Crippen molar-refractivity contribution in [3.05, 3.63) is 58.7 Å². The van der Waals surface area contributed by atoms with Crippen LogP contribution in [0.5, 0.6) is 11.5 Å². The molecule has 5 nitrogen and oxygen atoms in total. The third kappa shape index (κ3) is 6.00. The van der Waals surface area contributed by atoms with Crippen molar-refractivity contribution >= 4 is 5.91 Å². The van der Waals surface area contributed by atoms with Gasteiger partial charge in [0.05, 0.1) is 0 Å². The summed E-state index contributed by atoms with van der Waals surface area (Å²) >= 11 is 0. The van der Waals surface area contributed by atoms with Crippen molar-refractivity contribution in [1.82, 2.24) is 10.2 Å². The van der Waals surface area contributed by atoms with Crippen LogP contribution in [0.3, 0.4) is 0 Å². The first-order chi connectivity index (χ1) is 12.9. The van der Waals surface area contributed by atoms with E-state index in [1.807, 2.05) is 62.3 Å². The van der Waals surface area contributed by atoms with E-state index in [9.17, 15) is 9.90 Å². The molecule has 0 saturated carbocycles. The number of nitrogens with one attached hydrogen (secondary N) is 1. The highest BCUT2D eigenvalue weighted by Gasteiger charge is 2.14. The minimum absolute atomic E-state index is 0.0166. The molecule has 2 rings (SSSR count). The summed E-state index contributed by atoms with van der Waals surface area (Å²) in [6.07, 6.45) is 1.37. The Morgan fingerprint density at radius 1 is 1.11 bits per heavy atom. The molecule has 2 aromatic rings. The summed E-state index contributed by atoms with van der Waals surface area (Å²) in [5.41, 5.74) is 3.72. The summed E-state index contributed by atoms with van der Waals surface area (Å²) in [5, 5.41) is 13.2. The van der Waals surface area contributed by atoms with Gasteiger partial charge in [0.15, 0.2) is 6.61 Å². The van der Waals surface area contributed by atoms with Crippen molar-refractivity contribution < 1.29 is 14.6 Å². The number of phenolic OH excluding ortho intramolecular Hbond substituents is 1. The minimum Gasteiger partial charge on any atom is -0.507 e. The van der Waals surface area contributed by atoms with Gasteiger partial charge in [0.25, 0.3) is 5.91 Å². The number of aromatic hydroxyl groups is 1. The summed E-state index contributed by atoms with van der Waals surface area (Å²) in [7, 11) is 3.93. The van der Waals surface area contributed by atoms with Gasteiger partial charge in [-0.3, -0.25) is 4.79 Å². The fraction of sp³-hybridized carbons (Fsp3) is 0.409. The number of nitrogens with zero attached hydrogens (tertiary/aromatic N) is 1. The first kappa shape index (κ1) is 20.8. The average molecular weight is 370 g/mol. The average Bonchev–Trinajstić information content (AvgIpc) is 2.63. The Morgan fingerprint density at radius 2 is 1.78 bits per heavy atom. The molecular formula is C22H30N2O3. The zero-order chi connectivity index (χ0) is 19.8. The van der Waals surface area contributed by atoms with E-state index in [1.54, 1.807) is 0 Å². The lowest BCUT2D eigenvalue weighted by Gasteiger charge is -2.16. The van der Waals surface area contributed by atoms with Crippen molar-refractivity contribution in [3.8, 4) is 11.5 Å². The predicted octanol–water partition coefficient (Wildman–Crippen LogP) is 2.91. The summed E-state index contributed by atoms with van der Waals surface area (Å²) < 4.78 is 5.91. The van der Waals surface area contributed by atoms with Crippen LogP contribution in [0.25, 0.3) is 0 Å². The smallest absolute Gasteiger partial charge is 0.257 e. The number of amides is 1. The molecule has 0 radical (unpaired) electrons. The zero-order valence-electron chi connectivity index (χ0n) is 16.7. The molecule has 0 aromatic heterocycles. The molecule has 0 fully saturated rings. The van der Waals surface area contributed by atoms with Crippen LogP contribution in [0.2, 0.25) is 0 Å². The number of hydrogen-bond donors (Lipinski definition) is 2. The third-order valence-electron chi connectivity index (χ3n) is 4.49. The highest BCUT2D eigenvalue weighted by atomic mass is 16.5. The lowest BCUT2D eigenvalue weighted by molar-refractivity contribution is -0.123. The molecule has 0 bridgehead atoms. The van der Waals surface area contributed by atoms with Crippen LogP contribution in [0.15, 0.2) is 36.4 Å². The van der Waals surface area contributed by atoms with E-state index in [-0.39, 0.29) is 12.5 Å². The standard InChI is InChI=1S/C22H30N2O3/c1-5-17-9-7-11-19(14-18-10-6-8-16(2)21(18)26)22(17)27-15-20(25)23-12-13-24(3)4/h6-11,26H,5,12-15H2,1-4H3,(H,23,25). The highest BCUT2D eigenvalue weighted by Crippen LogP contribution is 2.30. The highest BCUT2D eigenvalue weighted by molar-refractivity contribution is 5.77. The molecule has 0 unspecified atom stereocenters. The third-order valence-corrected chi connectivity index (χ3v) is 4.49. The molecule has 2 N–H and O–H groups in total. The number of hydrogen-bond acceptors (Lipinski definition) is 4. The number of rotatable bonds is 9. The first-order valence-electron chi connectivity index (χ1n) is 9.34. The van der Waals surface area contributed by atoms with E-state index in [0.717, 1.165) is 41.0 Å². The fourth-order valence-corrected chi connectivity index (χ4v) is 2.92. The van der Waals surface area contributed by atoms with E-state index >= 15 is 0 Å². The number of ether oxygens (including phenoxy) is 1. The van der Waals surface area contributed by atoms with Crippen LogP contribution in [0, 0.1) is 6.92 Å². The van der Waals surface area contributed by atoms with E-state index < -0.39 is 0 Å². The van der Waals surface area contributed by atoms with Crippen molar-refractivity contribution in [3.63, 3.8) is 0 Å². The van der Waals surface area contributed by atoms with Crippen molar-refractivity contribution in [2.75, 3.05) is 33.8 Å². The van der Waals surface area contributed by atoms with Gasteiger partial charge in [0.2, 0.25) is 0 Å². The summed E-state index contributed by atoms with van der Waals surface area (Å²) in [6, 6.07) is 11.7. The van der Waals surface area contributed by atoms with Crippen molar-refractivity contribution in [1.29, 1.82) is 0 Å². The Kier molecular flexibility index (Phi) is 7.67. The normalized spacial score (nSPS) is 10.9. The molecule has 0 aliphatic rings. The van der Waals surface area contributed by atoms with Gasteiger partial charge in [-0.25, -0.2) is 0 Å². The van der Waals surface area contributed by atoms with Crippen LogP contribution < -0.4 is 10.1 Å². The summed E-state index contributed by atoms with van der Waals surface area (Å²) in [6.45, 7) is 5.31. The Labute approximate surface area is 162 Å². The maximum atomic E-state index is 12.1. The minimum atomic E-state index is -0.132. The van der Waals surface area contributed by atoms with Gasteiger partial charge in [-0.2, -0.15) is 0 Å². The maximum absolute atomic E-state index is 12.1. The van der Waals surface area contributed by atoms with Crippen LogP contribution in [-0.2, 0) is 17.6 Å². The van der Waals surface area contributed by atoms with Crippen molar-refractivity contribution in [2.24, 2.45) is 0 Å². The van der Waals surface area contributed by atoms with E-state index in [1.165, 1.54) is 0 Å². The molecule has 0 atom stereocenters. The van der Waals surface area contributed by atoms with Gasteiger partial charge in [-0.1, -0.05) is 43.3 Å². The number of para-hydroxylation sites is 2. The van der Waals surface area contributed by atoms with Crippen LogP contribution in [0.1, 0.15) is 29.2 Å². The molecule has 0 heterocycles. The van der Waals surface area contributed by atoms with Gasteiger partial charge in [0.1, 0.15) is 11.5 Å². The van der Waals surface area contributed by atoms with Gasteiger partial charge < -0.3 is 20.1 Å². The predicted molar refractivity (Wildman–Crippen MR) is 109 cm³/mol. The molecule has 0 saturated heterocycles. The second kappa shape index (κ2) is 9.97. The SMILES string of the molecule is CCc1cccc(Cc2cccc(C)c2O)c1OCC(=O)NCCN(C)C. The molecule has 0 aliphatic carbocycles. The second-order valence-corrected chi connectivity index (χ2v) is 6.96. The number of phenols is 1. The first-order valence-corrected chi connectivity index (χ1v) is 9.34. The number of likely N-dealkylation sites (N-methyl/N-ethyl adjacent to an activating group) is 1. The molecular weight excluding hydrogens is 340 g/mol. The summed E-state index contributed by atoms with van der Waals surface area (Å²) in [5.74, 6) is 0.919. The number of carbonyl (C=O) groups excluding carboxylic acids is 1. The van der Waals surface area contributed by atoms with Crippen molar-refractivity contribution in [2.45, 2.75) is 26.7 Å². The quantitative estimate of drug-likeness (QED) is 0.712. The van der Waals surface area contributed by atoms with E-state index in [2.05, 4.69) is 12.2 Å². The molecule has 0 aliphatic heterocycles. The maximum Gasteiger partial charge on any atom is 0.257 e. The van der Waals surface area contributed by atoms with Gasteiger partial charge in [0, 0.05) is 19.5 Å². The van der Waals surface area contributed by atoms with Gasteiger partial charge >= 0.3 is 0 Å². The van der Waals surface area contributed by atoms with Crippen LogP contribution >= 0.6 is 0 Å². The number of benzene rings is 2. The monoisotopic (exact) mass is 370 g/mol. The number of aryl methyl sites for hydroxylation is 2. The molecule has 0 spiro atoms. The lowest BCUT2D eigenvalue weighted by Crippen LogP contribution is -2.34. The molecule has 1 amide bonds. The summed E-state index contributed by atoms with van der Waals surface area (Å²) in [4.78, 5) is 14.1. The molecule has 27 heavy (non-hydrogen) atoms. The zero-order valence-corrected chi connectivity index (χ0v) is 16.7. The van der Waals surface area contributed by atoms with E-state index in [4.69, 9.17) is 4.74 Å². The Morgan fingerprint density at radius 3 is 2.48 bits per heavy atom. The topological polar surface area (TPSA) is 61.8 Å². The second-order valence-electron chi connectivity index (χ2n) is 6.96. The lowest BCUT2D eigenvalue weighted by atomic mass is 9.98. The fourth-order valence-electron chi connectivity index (χ4n) is 2.92. The van der Waals surface area contributed by atoms with Crippen LogP contribution in [0.4, 0.5) is 0 Å². The van der Waals surface area contributed by atoms with E-state index in [0.29, 0.717) is 18.7 Å². The van der Waals surface area contributed by atoms with Gasteiger partial charge in [-0.15, -0.1) is 0 Å².